The third-order valence-corrected chi connectivity index (χ3v) is 9.70. The highest BCUT2D eigenvalue weighted by Crippen LogP contribution is 2.21. The van der Waals surface area contributed by atoms with E-state index in [1.165, 1.54) is 24.0 Å². The number of carbonyl (C=O) groups excluding carboxylic acids is 6. The van der Waals surface area contributed by atoms with Gasteiger partial charge >= 0.3 is 0 Å². The molecule has 2 aromatic carbocycles. The number of nitrogens with two attached hydrogens (primary N) is 1. The Labute approximate surface area is 306 Å². The van der Waals surface area contributed by atoms with Gasteiger partial charge in [-0.2, -0.15) is 0 Å². The van der Waals surface area contributed by atoms with Gasteiger partial charge in [-0.05, 0) is 74.9 Å². The van der Waals surface area contributed by atoms with E-state index in [-0.39, 0.29) is 38.0 Å². The van der Waals surface area contributed by atoms with Crippen LogP contribution in [0.4, 0.5) is 0 Å². The average molecular weight is 733 g/mol. The number of aromatic nitrogens is 1. The number of hydrogen-bond acceptors (Lipinski definition) is 9. The second-order valence-electron chi connectivity index (χ2n) is 13.6. The maximum Gasteiger partial charge on any atom is 0.245 e. The summed E-state index contributed by atoms with van der Waals surface area (Å²) in [4.78, 5) is 87.2. The van der Waals surface area contributed by atoms with Gasteiger partial charge in [-0.15, -0.1) is 0 Å². The summed E-state index contributed by atoms with van der Waals surface area (Å²) in [6.07, 6.45) is 3.60. The van der Waals surface area contributed by atoms with Gasteiger partial charge in [0.1, 0.15) is 42.0 Å². The van der Waals surface area contributed by atoms with E-state index in [0.29, 0.717) is 36.9 Å². The SMILES string of the molecule is C[C@@H]1NC(=O)[C@H](Cc2ccc(O)cc2)NC(=O)[C@H](CCCCN)NC(=O)[C@H](Cc2c[nH]c3ccccc23)NC(=O)[C@H](CO)NC(=O)[C@H]2CCCN2C1=O. The molecule has 5 rings (SSSR count). The zero-order valence-corrected chi connectivity index (χ0v) is 29.6. The number of rotatable bonds is 9. The van der Waals surface area contributed by atoms with E-state index < -0.39 is 78.3 Å². The molecule has 2 aliphatic rings. The number of aromatic amines is 1. The molecule has 0 unspecified atom stereocenters. The van der Waals surface area contributed by atoms with Crippen molar-refractivity contribution < 1.29 is 39.0 Å². The van der Waals surface area contributed by atoms with Gasteiger partial charge in [0.2, 0.25) is 35.4 Å². The monoisotopic (exact) mass is 732 g/mol. The molecule has 0 bridgehead atoms. The van der Waals surface area contributed by atoms with Crippen LogP contribution in [0.15, 0.2) is 54.7 Å². The molecule has 6 amide bonds. The summed E-state index contributed by atoms with van der Waals surface area (Å²) in [6.45, 7) is 1.24. The van der Waals surface area contributed by atoms with Crippen LogP contribution < -0.4 is 32.3 Å². The minimum Gasteiger partial charge on any atom is -0.508 e. The number of phenols is 1. The molecule has 3 heterocycles. The second-order valence-corrected chi connectivity index (χ2v) is 13.6. The second kappa shape index (κ2) is 17.8. The minimum absolute atomic E-state index is 0.0117. The van der Waals surface area contributed by atoms with Gasteiger partial charge in [-0.1, -0.05) is 30.3 Å². The maximum atomic E-state index is 14.1. The first-order chi connectivity index (χ1) is 25.5. The normalized spacial score (nSPS) is 25.1. The summed E-state index contributed by atoms with van der Waals surface area (Å²) in [7, 11) is 0. The van der Waals surface area contributed by atoms with Crippen LogP contribution in [0.1, 0.15) is 50.2 Å². The van der Waals surface area contributed by atoms with Crippen LogP contribution in [0, 0.1) is 0 Å². The van der Waals surface area contributed by atoms with Crippen LogP contribution >= 0.6 is 0 Å². The molecule has 0 radical (unpaired) electrons. The molecule has 2 saturated heterocycles. The van der Waals surface area contributed by atoms with Gasteiger partial charge in [0.25, 0.3) is 0 Å². The number of nitrogens with one attached hydrogen (secondary N) is 6. The standard InChI is InChI=1S/C37H48N8O8/c1-21-37(53)45-16-6-10-31(45)36(52)44-30(20-46)35(51)43-29(18-23-19-39-26-8-3-2-7-25(23)26)34(50)41-27(9-4-5-15-38)32(48)42-28(33(49)40-21)17-22-11-13-24(47)14-12-22/h2-3,7-8,11-14,19,21,27-31,39,46-47H,4-6,9-10,15-18,20,38H2,1H3,(H,40,49)(H,41,50)(H,42,48)(H,43,51)(H,44,52)/t21-,27-,28-,29-,30-,31+/m0/s1. The molecule has 2 fully saturated rings. The summed E-state index contributed by atoms with van der Waals surface area (Å²) in [5, 5.41) is 34.2. The Morgan fingerprint density at radius 1 is 0.755 bits per heavy atom. The molecule has 3 aromatic rings. The molecule has 284 valence electrons. The fourth-order valence-corrected chi connectivity index (χ4v) is 6.77. The van der Waals surface area contributed by atoms with Crippen molar-refractivity contribution in [2.45, 2.75) is 88.1 Å². The van der Waals surface area contributed by atoms with E-state index in [1.54, 1.807) is 18.3 Å². The number of aliphatic hydroxyl groups is 1. The Kier molecular flexibility index (Phi) is 13.0. The highest BCUT2D eigenvalue weighted by atomic mass is 16.3. The topological polar surface area (TPSA) is 248 Å². The fraction of sp³-hybridized carbons (Fsp3) is 0.459. The lowest BCUT2D eigenvalue weighted by Gasteiger charge is -2.30. The van der Waals surface area contributed by atoms with Crippen molar-refractivity contribution in [3.8, 4) is 5.75 Å². The van der Waals surface area contributed by atoms with Gasteiger partial charge in [-0.25, -0.2) is 0 Å². The van der Waals surface area contributed by atoms with Crippen molar-refractivity contribution in [3.05, 3.63) is 65.9 Å². The number of hydrogen-bond donors (Lipinski definition) is 9. The van der Waals surface area contributed by atoms with Gasteiger partial charge in [0.05, 0.1) is 6.61 Å². The lowest BCUT2D eigenvalue weighted by atomic mass is 10.0. The number of carbonyl (C=O) groups is 6. The molecule has 0 saturated carbocycles. The number of aliphatic hydroxyl groups excluding tert-OH is 1. The van der Waals surface area contributed by atoms with Crippen molar-refractivity contribution in [2.75, 3.05) is 19.7 Å². The molecule has 16 heteroatoms. The Hall–Kier alpha value is -5.48. The number of fused-ring (bicyclic) bond motifs is 2. The zero-order valence-electron chi connectivity index (χ0n) is 29.6. The third kappa shape index (κ3) is 9.70. The largest absolute Gasteiger partial charge is 0.508 e. The van der Waals surface area contributed by atoms with Gasteiger partial charge in [-0.3, -0.25) is 28.8 Å². The summed E-state index contributed by atoms with van der Waals surface area (Å²) in [6, 6.07) is 6.31. The summed E-state index contributed by atoms with van der Waals surface area (Å²) < 4.78 is 0. The Bertz CT molecular complexity index is 1800. The van der Waals surface area contributed by atoms with Crippen molar-refractivity contribution in [3.63, 3.8) is 0 Å². The van der Waals surface area contributed by atoms with Crippen LogP contribution in [0.2, 0.25) is 0 Å². The molecule has 0 spiro atoms. The van der Waals surface area contributed by atoms with Gasteiger partial charge in [0.15, 0.2) is 0 Å². The maximum absolute atomic E-state index is 14.1. The van der Waals surface area contributed by atoms with Crippen molar-refractivity contribution >= 4 is 46.3 Å². The van der Waals surface area contributed by atoms with Crippen LogP contribution in [0.3, 0.4) is 0 Å². The van der Waals surface area contributed by atoms with Crippen LogP contribution in [-0.2, 0) is 41.6 Å². The highest BCUT2D eigenvalue weighted by molar-refractivity contribution is 5.98. The number of H-pyrrole nitrogens is 1. The van der Waals surface area contributed by atoms with Crippen LogP contribution in [-0.4, -0.2) is 111 Å². The van der Waals surface area contributed by atoms with E-state index in [9.17, 15) is 39.0 Å². The first kappa shape index (κ1) is 38.7. The number of benzene rings is 2. The van der Waals surface area contributed by atoms with E-state index in [0.717, 1.165) is 10.9 Å². The van der Waals surface area contributed by atoms with Crippen LogP contribution in [0.25, 0.3) is 10.9 Å². The van der Waals surface area contributed by atoms with Crippen molar-refractivity contribution in [1.29, 1.82) is 0 Å². The first-order valence-electron chi connectivity index (χ1n) is 17.9. The van der Waals surface area contributed by atoms with Crippen molar-refractivity contribution in [1.82, 2.24) is 36.5 Å². The Morgan fingerprint density at radius 3 is 2.09 bits per heavy atom. The van der Waals surface area contributed by atoms with E-state index in [2.05, 4.69) is 31.6 Å². The average Bonchev–Trinajstić information content (AvgIpc) is 3.81. The lowest BCUT2D eigenvalue weighted by Crippen LogP contribution is -2.61. The molecule has 2 aliphatic heterocycles. The third-order valence-electron chi connectivity index (χ3n) is 9.70. The molecular weight excluding hydrogens is 684 g/mol. The van der Waals surface area contributed by atoms with Crippen molar-refractivity contribution in [2.24, 2.45) is 5.73 Å². The molecule has 6 atom stereocenters. The predicted octanol–water partition coefficient (Wildman–Crippen LogP) is -0.771. The number of para-hydroxylation sites is 1. The number of phenolic OH excluding ortho intramolecular Hbond substituents is 1. The summed E-state index contributed by atoms with van der Waals surface area (Å²) in [5.41, 5.74) is 7.82. The number of unbranched alkanes of at least 4 members (excludes halogenated alkanes) is 1. The highest BCUT2D eigenvalue weighted by Gasteiger charge is 2.39. The molecule has 1 aromatic heterocycles. The van der Waals surface area contributed by atoms with Gasteiger partial charge in [0, 0.05) is 36.5 Å². The summed E-state index contributed by atoms with van der Waals surface area (Å²) >= 11 is 0. The fourth-order valence-electron chi connectivity index (χ4n) is 6.77. The lowest BCUT2D eigenvalue weighted by molar-refractivity contribution is -0.142. The summed E-state index contributed by atoms with van der Waals surface area (Å²) in [5.74, 6) is -4.09. The number of aromatic hydroxyl groups is 1. The molecule has 16 nitrogen and oxygen atoms in total. The minimum atomic E-state index is -1.46. The smallest absolute Gasteiger partial charge is 0.245 e. The Balaban J connectivity index is 1.51. The first-order valence-corrected chi connectivity index (χ1v) is 17.9. The van der Waals surface area contributed by atoms with Crippen LogP contribution in [0.5, 0.6) is 5.75 Å². The predicted molar refractivity (Wildman–Crippen MR) is 194 cm³/mol. The molecule has 10 N–H and O–H groups in total. The molecule has 53 heavy (non-hydrogen) atoms. The van der Waals surface area contributed by atoms with E-state index >= 15 is 0 Å². The number of amides is 6. The molecular formula is C37H48N8O8. The molecule has 0 aliphatic carbocycles. The number of nitrogens with zero attached hydrogens (tertiary/aromatic N) is 1. The Morgan fingerprint density at radius 2 is 1.38 bits per heavy atom. The van der Waals surface area contributed by atoms with E-state index in [1.807, 2.05) is 24.3 Å². The van der Waals surface area contributed by atoms with E-state index in [4.69, 9.17) is 5.73 Å². The zero-order chi connectivity index (χ0) is 38.1. The quantitative estimate of drug-likeness (QED) is 0.125. The van der Waals surface area contributed by atoms with Gasteiger partial charge < -0.3 is 52.4 Å².